The summed E-state index contributed by atoms with van der Waals surface area (Å²) in [5.74, 6) is -0.596. The van der Waals surface area contributed by atoms with Crippen molar-refractivity contribution >= 4 is 33.9 Å². The molecule has 10 heteroatoms. The molecule has 2 aromatic rings. The van der Waals surface area contributed by atoms with Gasteiger partial charge in [0.2, 0.25) is 5.75 Å². The van der Waals surface area contributed by atoms with Gasteiger partial charge in [0.15, 0.2) is 6.61 Å². The quantitative estimate of drug-likeness (QED) is 0.382. The molecule has 1 N–H and O–H groups in total. The lowest BCUT2D eigenvalue weighted by Gasteiger charge is -2.12. The fraction of sp³-hybridized carbons (Fsp3) is 0.400. The number of hydrogen-bond acceptors (Lipinski definition) is 8. The summed E-state index contributed by atoms with van der Waals surface area (Å²) in [5.41, 5.74) is 1.19. The summed E-state index contributed by atoms with van der Waals surface area (Å²) in [7, 11) is 1.31. The van der Waals surface area contributed by atoms with Gasteiger partial charge < -0.3 is 19.5 Å². The van der Waals surface area contributed by atoms with Gasteiger partial charge in [0, 0.05) is 17.0 Å². The summed E-state index contributed by atoms with van der Waals surface area (Å²) in [6.45, 7) is 1.66. The molecule has 160 valence electrons. The monoisotopic (exact) mass is 434 g/mol. The van der Waals surface area contributed by atoms with Crippen LogP contribution in [0.3, 0.4) is 0 Å². The number of methoxy groups -OCH3 is 1. The highest BCUT2D eigenvalue weighted by molar-refractivity contribution is 7.17. The van der Waals surface area contributed by atoms with Gasteiger partial charge in [-0.1, -0.05) is 0 Å². The van der Waals surface area contributed by atoms with Gasteiger partial charge in [0.25, 0.3) is 5.91 Å². The summed E-state index contributed by atoms with van der Waals surface area (Å²) >= 11 is 1.39. The molecule has 0 bridgehead atoms. The number of carbonyl (C=O) groups is 2. The molecule has 0 fully saturated rings. The zero-order valence-electron chi connectivity index (χ0n) is 16.7. The van der Waals surface area contributed by atoms with Crippen LogP contribution >= 0.6 is 11.3 Å². The minimum atomic E-state index is -0.565. The molecule has 0 spiro atoms. The minimum absolute atomic E-state index is 0.0356. The largest absolute Gasteiger partial charge is 0.490 e. The molecule has 1 aromatic heterocycles. The van der Waals surface area contributed by atoms with Crippen molar-refractivity contribution in [1.29, 1.82) is 0 Å². The summed E-state index contributed by atoms with van der Waals surface area (Å²) in [5, 5.41) is 14.2. The number of rotatable bonds is 8. The molecule has 1 aliphatic rings. The number of thiophene rings is 1. The van der Waals surface area contributed by atoms with Crippen LogP contribution in [0, 0.1) is 10.1 Å². The number of amides is 1. The predicted molar refractivity (Wildman–Crippen MR) is 111 cm³/mol. The van der Waals surface area contributed by atoms with Crippen molar-refractivity contribution in [3.05, 3.63) is 44.3 Å². The van der Waals surface area contributed by atoms with E-state index in [1.807, 2.05) is 0 Å². The third kappa shape index (κ3) is 4.70. The Morgan fingerprint density at radius 1 is 1.27 bits per heavy atom. The molecule has 1 amide bonds. The van der Waals surface area contributed by atoms with E-state index in [4.69, 9.17) is 14.2 Å². The van der Waals surface area contributed by atoms with Crippen LogP contribution in [0.4, 0.5) is 10.7 Å². The van der Waals surface area contributed by atoms with Crippen molar-refractivity contribution < 1.29 is 28.7 Å². The Kier molecular flexibility index (Phi) is 6.88. The second kappa shape index (κ2) is 9.57. The van der Waals surface area contributed by atoms with Gasteiger partial charge in [-0.25, -0.2) is 4.79 Å². The van der Waals surface area contributed by atoms with E-state index in [2.05, 4.69) is 5.32 Å². The van der Waals surface area contributed by atoms with Crippen molar-refractivity contribution in [2.24, 2.45) is 0 Å². The van der Waals surface area contributed by atoms with Crippen LogP contribution in [0.25, 0.3) is 0 Å². The second-order valence-corrected chi connectivity index (χ2v) is 7.67. The summed E-state index contributed by atoms with van der Waals surface area (Å²) in [6.07, 6.45) is 3.71. The summed E-state index contributed by atoms with van der Waals surface area (Å²) in [6, 6.07) is 3.99. The third-order valence-corrected chi connectivity index (χ3v) is 5.83. The Hall–Kier alpha value is -3.14. The normalized spacial score (nSPS) is 12.6. The van der Waals surface area contributed by atoms with Crippen LogP contribution in [0.15, 0.2) is 18.2 Å². The Bertz CT molecular complexity index is 970. The number of carbonyl (C=O) groups excluding carboxylic acids is 2. The van der Waals surface area contributed by atoms with Crippen molar-refractivity contribution in [3.63, 3.8) is 0 Å². The topological polar surface area (TPSA) is 117 Å². The number of aryl methyl sites for hydroxylation is 1. The maximum Gasteiger partial charge on any atom is 0.341 e. The van der Waals surface area contributed by atoms with E-state index >= 15 is 0 Å². The molecule has 1 aliphatic carbocycles. The van der Waals surface area contributed by atoms with Crippen LogP contribution in [-0.2, 0) is 22.4 Å². The number of nitro groups is 1. The standard InChI is InChI=1S/C20H22N2O7S/c1-3-28-20(24)18-13-6-4-5-7-16(13)30-19(18)21-17(23)11-29-12-8-9-14(22(25)26)15(10-12)27-2/h8-10H,3-7,11H2,1-2H3,(H,21,23). The van der Waals surface area contributed by atoms with E-state index in [0.717, 1.165) is 36.1 Å². The number of nitro benzene ring substituents is 1. The lowest BCUT2D eigenvalue weighted by molar-refractivity contribution is -0.385. The van der Waals surface area contributed by atoms with Crippen molar-refractivity contribution in [2.75, 3.05) is 25.6 Å². The molecule has 0 radical (unpaired) electrons. The molecule has 0 atom stereocenters. The van der Waals surface area contributed by atoms with Gasteiger partial charge in [-0.3, -0.25) is 14.9 Å². The fourth-order valence-electron chi connectivity index (χ4n) is 3.28. The Labute approximate surface area is 177 Å². The predicted octanol–water partition coefficient (Wildman–Crippen LogP) is 3.74. The molecular weight excluding hydrogens is 412 g/mol. The maximum absolute atomic E-state index is 12.4. The van der Waals surface area contributed by atoms with Crippen LogP contribution in [0.5, 0.6) is 11.5 Å². The van der Waals surface area contributed by atoms with E-state index in [1.54, 1.807) is 6.92 Å². The average Bonchev–Trinajstić information content (AvgIpc) is 3.09. The number of nitrogens with zero attached hydrogens (tertiary/aromatic N) is 1. The van der Waals surface area contributed by atoms with Crippen LogP contribution in [0.1, 0.15) is 40.6 Å². The highest BCUT2D eigenvalue weighted by Crippen LogP contribution is 2.38. The molecule has 0 saturated carbocycles. The van der Waals surface area contributed by atoms with Gasteiger partial charge in [0.1, 0.15) is 10.8 Å². The Morgan fingerprint density at radius 2 is 2.03 bits per heavy atom. The molecule has 0 saturated heterocycles. The SMILES string of the molecule is CCOC(=O)c1c(NC(=O)COc2ccc([N+](=O)[O-])c(OC)c2)sc2c1CCCC2. The first-order chi connectivity index (χ1) is 14.4. The number of ether oxygens (including phenoxy) is 3. The van der Waals surface area contributed by atoms with Crippen molar-refractivity contribution in [3.8, 4) is 11.5 Å². The zero-order valence-corrected chi connectivity index (χ0v) is 17.5. The highest BCUT2D eigenvalue weighted by atomic mass is 32.1. The molecule has 3 rings (SSSR count). The number of anilines is 1. The first kappa shape index (κ1) is 21.6. The second-order valence-electron chi connectivity index (χ2n) is 6.56. The molecular formula is C20H22N2O7S. The lowest BCUT2D eigenvalue weighted by atomic mass is 9.95. The Balaban J connectivity index is 1.71. The van der Waals surface area contributed by atoms with Gasteiger partial charge >= 0.3 is 11.7 Å². The third-order valence-electron chi connectivity index (χ3n) is 4.62. The smallest absolute Gasteiger partial charge is 0.341 e. The maximum atomic E-state index is 12.4. The highest BCUT2D eigenvalue weighted by Gasteiger charge is 2.27. The molecule has 1 aromatic carbocycles. The van der Waals surface area contributed by atoms with E-state index in [0.29, 0.717) is 10.6 Å². The van der Waals surface area contributed by atoms with E-state index in [9.17, 15) is 19.7 Å². The summed E-state index contributed by atoms with van der Waals surface area (Å²) < 4.78 is 15.6. The van der Waals surface area contributed by atoms with Crippen LogP contribution in [-0.4, -0.2) is 37.1 Å². The number of benzene rings is 1. The van der Waals surface area contributed by atoms with Crippen molar-refractivity contribution in [1.82, 2.24) is 0 Å². The number of esters is 1. The van der Waals surface area contributed by atoms with E-state index in [-0.39, 0.29) is 30.4 Å². The lowest BCUT2D eigenvalue weighted by Crippen LogP contribution is -2.21. The number of fused-ring (bicyclic) bond motifs is 1. The minimum Gasteiger partial charge on any atom is -0.490 e. The van der Waals surface area contributed by atoms with Gasteiger partial charge in [-0.2, -0.15) is 0 Å². The molecule has 0 aliphatic heterocycles. The van der Waals surface area contributed by atoms with Crippen molar-refractivity contribution in [2.45, 2.75) is 32.6 Å². The van der Waals surface area contributed by atoms with Crippen LogP contribution in [0.2, 0.25) is 0 Å². The Morgan fingerprint density at radius 3 is 2.73 bits per heavy atom. The molecule has 9 nitrogen and oxygen atoms in total. The molecule has 1 heterocycles. The van der Waals surface area contributed by atoms with Gasteiger partial charge in [-0.15, -0.1) is 11.3 Å². The van der Waals surface area contributed by atoms with E-state index < -0.39 is 16.8 Å². The first-order valence-corrected chi connectivity index (χ1v) is 10.3. The van der Waals surface area contributed by atoms with Gasteiger partial charge in [-0.05, 0) is 44.2 Å². The first-order valence-electron chi connectivity index (χ1n) is 9.51. The zero-order chi connectivity index (χ0) is 21.7. The fourth-order valence-corrected chi connectivity index (χ4v) is 4.58. The van der Waals surface area contributed by atoms with Crippen LogP contribution < -0.4 is 14.8 Å². The molecule has 30 heavy (non-hydrogen) atoms. The average molecular weight is 434 g/mol. The van der Waals surface area contributed by atoms with E-state index in [1.165, 1.54) is 36.6 Å². The number of nitrogens with one attached hydrogen (secondary N) is 1. The summed E-state index contributed by atoms with van der Waals surface area (Å²) in [4.78, 5) is 36.4. The van der Waals surface area contributed by atoms with Gasteiger partial charge in [0.05, 0.1) is 24.2 Å². The molecule has 0 unspecified atom stereocenters. The number of hydrogen-bond donors (Lipinski definition) is 1.